The molecule has 3 amide bonds. The van der Waals surface area contributed by atoms with E-state index in [0.29, 0.717) is 23.7 Å². The van der Waals surface area contributed by atoms with Crippen LogP contribution in [0.1, 0.15) is 41.6 Å². The topological polar surface area (TPSA) is 78.5 Å². The van der Waals surface area contributed by atoms with E-state index in [9.17, 15) is 14.4 Å². The lowest BCUT2D eigenvalue weighted by Gasteiger charge is -2.15. The summed E-state index contributed by atoms with van der Waals surface area (Å²) in [5, 5.41) is 5.71. The number of rotatable bonds is 6. The molecule has 2 N–H and O–H groups in total. The van der Waals surface area contributed by atoms with E-state index >= 15 is 0 Å². The Hall–Kier alpha value is -3.41. The highest BCUT2D eigenvalue weighted by atomic mass is 16.2. The van der Waals surface area contributed by atoms with E-state index in [0.717, 1.165) is 37.1 Å². The second kappa shape index (κ2) is 8.31. The Kier molecular flexibility index (Phi) is 5.42. The van der Waals surface area contributed by atoms with Gasteiger partial charge in [-0.1, -0.05) is 18.2 Å². The molecule has 4 rings (SSSR count). The van der Waals surface area contributed by atoms with Crippen molar-refractivity contribution >= 4 is 35.2 Å². The third-order valence-electron chi connectivity index (χ3n) is 5.01. The lowest BCUT2D eigenvalue weighted by molar-refractivity contribution is -0.117. The molecule has 1 saturated heterocycles. The van der Waals surface area contributed by atoms with Gasteiger partial charge in [0, 0.05) is 42.0 Å². The smallest absolute Gasteiger partial charge is 0.251 e. The Labute approximate surface area is 169 Å². The standard InChI is InChI=1S/C23H23N3O3/c27-21(24-19-4-1-3-17(15-19)23(29)25-18-9-10-18)13-8-16-6-11-20(12-7-16)26-14-2-5-22(26)28/h1,3-4,6-8,11-13,15,18H,2,5,9-10,14H2,(H,24,27)(H,25,29)/b13-8+. The molecule has 1 saturated carbocycles. The Bertz CT molecular complexity index is 962. The highest BCUT2D eigenvalue weighted by Gasteiger charge is 2.24. The van der Waals surface area contributed by atoms with Gasteiger partial charge in [-0.05, 0) is 61.2 Å². The van der Waals surface area contributed by atoms with Crippen LogP contribution in [-0.4, -0.2) is 30.3 Å². The van der Waals surface area contributed by atoms with Crippen LogP contribution in [0.2, 0.25) is 0 Å². The van der Waals surface area contributed by atoms with E-state index in [2.05, 4.69) is 10.6 Å². The lowest BCUT2D eigenvalue weighted by atomic mass is 10.1. The first-order valence-corrected chi connectivity index (χ1v) is 9.89. The van der Waals surface area contributed by atoms with Crippen molar-refractivity contribution in [3.8, 4) is 0 Å². The van der Waals surface area contributed by atoms with Crippen molar-refractivity contribution in [2.24, 2.45) is 0 Å². The van der Waals surface area contributed by atoms with Gasteiger partial charge in [-0.25, -0.2) is 0 Å². The molecule has 0 atom stereocenters. The molecule has 148 valence electrons. The van der Waals surface area contributed by atoms with Gasteiger partial charge in [-0.2, -0.15) is 0 Å². The molecule has 2 fully saturated rings. The maximum absolute atomic E-state index is 12.2. The fourth-order valence-electron chi connectivity index (χ4n) is 3.28. The van der Waals surface area contributed by atoms with Gasteiger partial charge in [0.1, 0.15) is 0 Å². The van der Waals surface area contributed by atoms with E-state index in [-0.39, 0.29) is 17.7 Å². The first kappa shape index (κ1) is 18.9. The Morgan fingerprint density at radius 2 is 1.86 bits per heavy atom. The normalized spacial score (nSPS) is 16.3. The second-order valence-electron chi connectivity index (χ2n) is 7.39. The Balaban J connectivity index is 1.35. The Morgan fingerprint density at radius 3 is 2.55 bits per heavy atom. The van der Waals surface area contributed by atoms with Gasteiger partial charge in [0.25, 0.3) is 5.91 Å². The molecular formula is C23H23N3O3. The molecular weight excluding hydrogens is 366 g/mol. The van der Waals surface area contributed by atoms with Crippen molar-refractivity contribution in [2.75, 3.05) is 16.8 Å². The summed E-state index contributed by atoms with van der Waals surface area (Å²) in [7, 11) is 0. The first-order chi connectivity index (χ1) is 14.1. The summed E-state index contributed by atoms with van der Waals surface area (Å²) < 4.78 is 0. The second-order valence-corrected chi connectivity index (χ2v) is 7.39. The van der Waals surface area contributed by atoms with E-state index in [1.807, 2.05) is 24.3 Å². The van der Waals surface area contributed by atoms with Gasteiger partial charge in [-0.3, -0.25) is 14.4 Å². The highest BCUT2D eigenvalue weighted by Crippen LogP contribution is 2.22. The SMILES string of the molecule is O=C(/C=C/c1ccc(N2CCCC2=O)cc1)Nc1cccc(C(=O)NC2CC2)c1. The minimum atomic E-state index is -0.274. The van der Waals surface area contributed by atoms with Gasteiger partial charge >= 0.3 is 0 Å². The maximum atomic E-state index is 12.2. The number of carbonyl (C=O) groups excluding carboxylic acids is 3. The summed E-state index contributed by atoms with van der Waals surface area (Å²) in [6.07, 6.45) is 6.72. The molecule has 0 unspecified atom stereocenters. The summed E-state index contributed by atoms with van der Waals surface area (Å²) in [4.78, 5) is 37.9. The minimum absolute atomic E-state index is 0.115. The predicted octanol–water partition coefficient (Wildman–Crippen LogP) is 3.36. The zero-order valence-electron chi connectivity index (χ0n) is 16.1. The van der Waals surface area contributed by atoms with Crippen LogP contribution < -0.4 is 15.5 Å². The molecule has 6 heteroatoms. The number of nitrogens with zero attached hydrogens (tertiary/aromatic N) is 1. The zero-order valence-corrected chi connectivity index (χ0v) is 16.1. The fourth-order valence-corrected chi connectivity index (χ4v) is 3.28. The number of amides is 3. The first-order valence-electron chi connectivity index (χ1n) is 9.89. The molecule has 1 heterocycles. The molecule has 29 heavy (non-hydrogen) atoms. The number of benzene rings is 2. The van der Waals surface area contributed by atoms with Gasteiger partial charge < -0.3 is 15.5 Å². The maximum Gasteiger partial charge on any atom is 0.251 e. The molecule has 2 aromatic rings. The summed E-state index contributed by atoms with van der Waals surface area (Å²) in [6, 6.07) is 14.7. The van der Waals surface area contributed by atoms with E-state index in [1.54, 1.807) is 35.2 Å². The summed E-state index contributed by atoms with van der Waals surface area (Å²) >= 11 is 0. The molecule has 1 aliphatic heterocycles. The zero-order chi connectivity index (χ0) is 20.2. The quantitative estimate of drug-likeness (QED) is 0.744. The molecule has 1 aliphatic carbocycles. The summed E-state index contributed by atoms with van der Waals surface area (Å²) in [5.74, 6) is -0.236. The van der Waals surface area contributed by atoms with E-state index in [4.69, 9.17) is 0 Å². The van der Waals surface area contributed by atoms with Gasteiger partial charge in [0.15, 0.2) is 0 Å². The van der Waals surface area contributed by atoms with Crippen LogP contribution in [0.3, 0.4) is 0 Å². The average Bonchev–Trinajstić information content (AvgIpc) is 3.44. The number of anilines is 2. The largest absolute Gasteiger partial charge is 0.349 e. The minimum Gasteiger partial charge on any atom is -0.349 e. The lowest BCUT2D eigenvalue weighted by Crippen LogP contribution is -2.25. The van der Waals surface area contributed by atoms with Crippen molar-refractivity contribution in [1.82, 2.24) is 5.32 Å². The number of nitrogens with one attached hydrogen (secondary N) is 2. The van der Waals surface area contributed by atoms with Crippen LogP contribution in [0.4, 0.5) is 11.4 Å². The van der Waals surface area contributed by atoms with Crippen molar-refractivity contribution in [3.63, 3.8) is 0 Å². The third-order valence-corrected chi connectivity index (χ3v) is 5.01. The predicted molar refractivity (Wildman–Crippen MR) is 113 cm³/mol. The molecule has 6 nitrogen and oxygen atoms in total. The third kappa shape index (κ3) is 4.90. The molecule has 0 aromatic heterocycles. The average molecular weight is 389 g/mol. The van der Waals surface area contributed by atoms with Crippen LogP contribution in [0.15, 0.2) is 54.6 Å². The van der Waals surface area contributed by atoms with Crippen molar-refractivity contribution < 1.29 is 14.4 Å². The van der Waals surface area contributed by atoms with Crippen LogP contribution in [0.25, 0.3) is 6.08 Å². The molecule has 2 aromatic carbocycles. The van der Waals surface area contributed by atoms with Crippen molar-refractivity contribution in [2.45, 2.75) is 31.7 Å². The summed E-state index contributed by atoms with van der Waals surface area (Å²) in [6.45, 7) is 0.758. The van der Waals surface area contributed by atoms with Crippen molar-refractivity contribution in [1.29, 1.82) is 0 Å². The van der Waals surface area contributed by atoms with Crippen LogP contribution in [-0.2, 0) is 9.59 Å². The Morgan fingerprint density at radius 1 is 1.07 bits per heavy atom. The highest BCUT2D eigenvalue weighted by molar-refractivity contribution is 6.03. The molecule has 0 radical (unpaired) electrons. The van der Waals surface area contributed by atoms with Crippen LogP contribution in [0, 0.1) is 0 Å². The number of carbonyl (C=O) groups is 3. The van der Waals surface area contributed by atoms with Crippen LogP contribution in [0.5, 0.6) is 0 Å². The molecule has 0 spiro atoms. The number of hydrogen-bond donors (Lipinski definition) is 2. The van der Waals surface area contributed by atoms with E-state index in [1.165, 1.54) is 6.08 Å². The van der Waals surface area contributed by atoms with Crippen molar-refractivity contribution in [3.05, 3.63) is 65.7 Å². The summed E-state index contributed by atoms with van der Waals surface area (Å²) in [5.41, 5.74) is 2.86. The van der Waals surface area contributed by atoms with E-state index < -0.39 is 0 Å². The molecule has 0 bridgehead atoms. The van der Waals surface area contributed by atoms with Gasteiger partial charge in [0.05, 0.1) is 0 Å². The van der Waals surface area contributed by atoms with Crippen LogP contribution >= 0.6 is 0 Å². The monoisotopic (exact) mass is 389 g/mol. The fraction of sp³-hybridized carbons (Fsp3) is 0.261. The molecule has 2 aliphatic rings. The van der Waals surface area contributed by atoms with Gasteiger partial charge in [-0.15, -0.1) is 0 Å². The number of hydrogen-bond acceptors (Lipinski definition) is 3. The van der Waals surface area contributed by atoms with Gasteiger partial charge in [0.2, 0.25) is 11.8 Å².